The Balaban J connectivity index is 1.78. The van der Waals surface area contributed by atoms with Crippen molar-refractivity contribution in [2.45, 2.75) is 25.9 Å². The predicted molar refractivity (Wildman–Crippen MR) is 65.2 cm³/mol. The Morgan fingerprint density at radius 2 is 1.94 bits per heavy atom. The molecule has 0 radical (unpaired) electrons. The van der Waals surface area contributed by atoms with Crippen LogP contribution < -0.4 is 5.32 Å². The van der Waals surface area contributed by atoms with E-state index in [4.69, 9.17) is 4.42 Å². The summed E-state index contributed by atoms with van der Waals surface area (Å²) in [6.45, 7) is 3.08. The van der Waals surface area contributed by atoms with Gasteiger partial charge in [0.1, 0.15) is 5.76 Å². The van der Waals surface area contributed by atoms with Gasteiger partial charge in [0.2, 0.25) is 0 Å². The highest BCUT2D eigenvalue weighted by Crippen LogP contribution is 2.05. The lowest BCUT2D eigenvalue weighted by atomic mass is 10.1. The number of hydrogen-bond acceptors (Lipinski definition) is 2. The van der Waals surface area contributed by atoms with Crippen LogP contribution in [-0.4, -0.2) is 6.04 Å². The SMILES string of the molecule is CC(Cc1ccco1)NCc1ccccc1. The second kappa shape index (κ2) is 5.52. The summed E-state index contributed by atoms with van der Waals surface area (Å²) in [5.41, 5.74) is 1.31. The van der Waals surface area contributed by atoms with Crippen LogP contribution in [-0.2, 0) is 13.0 Å². The number of furan rings is 1. The summed E-state index contributed by atoms with van der Waals surface area (Å²) >= 11 is 0. The normalized spacial score (nSPS) is 12.6. The van der Waals surface area contributed by atoms with Crippen molar-refractivity contribution in [2.24, 2.45) is 0 Å². The van der Waals surface area contributed by atoms with Crippen LogP contribution in [0.3, 0.4) is 0 Å². The first-order valence-corrected chi connectivity index (χ1v) is 5.64. The molecule has 0 aliphatic heterocycles. The minimum absolute atomic E-state index is 0.423. The Morgan fingerprint density at radius 3 is 2.62 bits per heavy atom. The second-order valence-electron chi connectivity index (χ2n) is 4.05. The quantitative estimate of drug-likeness (QED) is 0.829. The van der Waals surface area contributed by atoms with Gasteiger partial charge in [0.05, 0.1) is 6.26 Å². The van der Waals surface area contributed by atoms with E-state index in [0.717, 1.165) is 18.7 Å². The Kier molecular flexibility index (Phi) is 3.78. The van der Waals surface area contributed by atoms with E-state index in [9.17, 15) is 0 Å². The molecule has 16 heavy (non-hydrogen) atoms. The van der Waals surface area contributed by atoms with Crippen molar-refractivity contribution >= 4 is 0 Å². The van der Waals surface area contributed by atoms with Gasteiger partial charge in [-0.15, -0.1) is 0 Å². The summed E-state index contributed by atoms with van der Waals surface area (Å²) < 4.78 is 5.32. The van der Waals surface area contributed by atoms with Crippen molar-refractivity contribution in [1.82, 2.24) is 5.32 Å². The molecule has 2 rings (SSSR count). The van der Waals surface area contributed by atoms with Crippen LogP contribution >= 0.6 is 0 Å². The maximum atomic E-state index is 5.32. The Morgan fingerprint density at radius 1 is 1.12 bits per heavy atom. The third-order valence-corrected chi connectivity index (χ3v) is 2.58. The maximum Gasteiger partial charge on any atom is 0.105 e. The van der Waals surface area contributed by atoms with Crippen molar-refractivity contribution < 1.29 is 4.42 Å². The highest BCUT2D eigenvalue weighted by atomic mass is 16.3. The largest absolute Gasteiger partial charge is 0.469 e. The molecule has 0 saturated heterocycles. The van der Waals surface area contributed by atoms with E-state index in [1.54, 1.807) is 6.26 Å². The fraction of sp³-hybridized carbons (Fsp3) is 0.286. The molecule has 2 nitrogen and oxygen atoms in total. The first-order valence-electron chi connectivity index (χ1n) is 5.64. The summed E-state index contributed by atoms with van der Waals surface area (Å²) in [5.74, 6) is 1.04. The first kappa shape index (κ1) is 11.0. The summed E-state index contributed by atoms with van der Waals surface area (Å²) in [5, 5.41) is 3.48. The minimum Gasteiger partial charge on any atom is -0.469 e. The molecule has 1 heterocycles. The highest BCUT2D eigenvalue weighted by Gasteiger charge is 2.04. The molecule has 1 N–H and O–H groups in total. The zero-order chi connectivity index (χ0) is 11.2. The monoisotopic (exact) mass is 215 g/mol. The van der Waals surface area contributed by atoms with Crippen LogP contribution in [0, 0.1) is 0 Å². The molecule has 2 heteroatoms. The van der Waals surface area contributed by atoms with E-state index in [-0.39, 0.29) is 0 Å². The molecule has 1 aromatic heterocycles. The van der Waals surface area contributed by atoms with E-state index in [2.05, 4.69) is 36.5 Å². The minimum atomic E-state index is 0.423. The van der Waals surface area contributed by atoms with E-state index in [1.165, 1.54) is 5.56 Å². The Labute approximate surface area is 96.3 Å². The zero-order valence-electron chi connectivity index (χ0n) is 9.52. The van der Waals surface area contributed by atoms with Crippen LogP contribution in [0.2, 0.25) is 0 Å². The molecule has 1 unspecified atom stereocenters. The number of hydrogen-bond donors (Lipinski definition) is 1. The van der Waals surface area contributed by atoms with Crippen LogP contribution in [0.25, 0.3) is 0 Å². The molecule has 0 bridgehead atoms. The van der Waals surface area contributed by atoms with E-state index in [1.807, 2.05) is 18.2 Å². The standard InChI is InChI=1S/C14H17NO/c1-12(10-14-8-5-9-16-14)15-11-13-6-3-2-4-7-13/h2-9,12,15H,10-11H2,1H3. The molecule has 0 aliphatic rings. The molecule has 2 aromatic rings. The zero-order valence-corrected chi connectivity index (χ0v) is 9.52. The lowest BCUT2D eigenvalue weighted by molar-refractivity contribution is 0.456. The van der Waals surface area contributed by atoms with Gasteiger partial charge < -0.3 is 9.73 Å². The van der Waals surface area contributed by atoms with Crippen LogP contribution in [0.5, 0.6) is 0 Å². The molecule has 84 valence electrons. The van der Waals surface area contributed by atoms with Gasteiger partial charge in [-0.25, -0.2) is 0 Å². The first-order chi connectivity index (χ1) is 7.84. The van der Waals surface area contributed by atoms with Gasteiger partial charge in [-0.1, -0.05) is 30.3 Å². The molecule has 1 atom stereocenters. The van der Waals surface area contributed by atoms with Gasteiger partial charge in [0.15, 0.2) is 0 Å². The fourth-order valence-corrected chi connectivity index (χ4v) is 1.69. The number of nitrogens with one attached hydrogen (secondary N) is 1. The van der Waals surface area contributed by atoms with Gasteiger partial charge >= 0.3 is 0 Å². The van der Waals surface area contributed by atoms with Gasteiger partial charge in [-0.05, 0) is 24.6 Å². The van der Waals surface area contributed by atoms with E-state index in [0.29, 0.717) is 6.04 Å². The van der Waals surface area contributed by atoms with Gasteiger partial charge in [0, 0.05) is 19.0 Å². The summed E-state index contributed by atoms with van der Waals surface area (Å²) in [4.78, 5) is 0. The van der Waals surface area contributed by atoms with Crippen molar-refractivity contribution in [1.29, 1.82) is 0 Å². The van der Waals surface area contributed by atoms with Crippen LogP contribution in [0.1, 0.15) is 18.2 Å². The third-order valence-electron chi connectivity index (χ3n) is 2.58. The number of benzene rings is 1. The smallest absolute Gasteiger partial charge is 0.105 e. The van der Waals surface area contributed by atoms with Crippen molar-refractivity contribution in [2.75, 3.05) is 0 Å². The molecular weight excluding hydrogens is 198 g/mol. The lowest BCUT2D eigenvalue weighted by Crippen LogP contribution is -2.27. The molecule has 0 amide bonds. The maximum absolute atomic E-state index is 5.32. The van der Waals surface area contributed by atoms with Crippen molar-refractivity contribution in [3.8, 4) is 0 Å². The summed E-state index contributed by atoms with van der Waals surface area (Å²) in [6, 6.07) is 14.8. The van der Waals surface area contributed by atoms with E-state index < -0.39 is 0 Å². The van der Waals surface area contributed by atoms with Crippen molar-refractivity contribution in [3.63, 3.8) is 0 Å². The molecular formula is C14H17NO. The highest BCUT2D eigenvalue weighted by molar-refractivity contribution is 5.14. The fourth-order valence-electron chi connectivity index (χ4n) is 1.69. The Bertz CT molecular complexity index is 394. The molecule has 0 aliphatic carbocycles. The Hall–Kier alpha value is -1.54. The summed E-state index contributed by atoms with van der Waals surface area (Å²) in [7, 11) is 0. The molecule has 1 aromatic carbocycles. The van der Waals surface area contributed by atoms with E-state index >= 15 is 0 Å². The lowest BCUT2D eigenvalue weighted by Gasteiger charge is -2.12. The topological polar surface area (TPSA) is 25.2 Å². The predicted octanol–water partition coefficient (Wildman–Crippen LogP) is 3.00. The molecule has 0 spiro atoms. The van der Waals surface area contributed by atoms with Gasteiger partial charge in [0.25, 0.3) is 0 Å². The van der Waals surface area contributed by atoms with Crippen LogP contribution in [0.4, 0.5) is 0 Å². The third kappa shape index (κ3) is 3.24. The molecule has 0 fully saturated rings. The average Bonchev–Trinajstić information content (AvgIpc) is 2.81. The summed E-state index contributed by atoms with van der Waals surface area (Å²) in [6.07, 6.45) is 2.65. The second-order valence-corrected chi connectivity index (χ2v) is 4.05. The van der Waals surface area contributed by atoms with Gasteiger partial charge in [-0.3, -0.25) is 0 Å². The molecule has 0 saturated carbocycles. The van der Waals surface area contributed by atoms with Crippen molar-refractivity contribution in [3.05, 3.63) is 60.1 Å². The van der Waals surface area contributed by atoms with Gasteiger partial charge in [-0.2, -0.15) is 0 Å². The average molecular weight is 215 g/mol. The number of rotatable bonds is 5. The van der Waals surface area contributed by atoms with Crippen LogP contribution in [0.15, 0.2) is 53.1 Å².